The van der Waals surface area contributed by atoms with Crippen molar-refractivity contribution >= 4 is 23.7 Å². The number of nitrogens with two attached hydrogens (primary N) is 1. The molecule has 8 heteroatoms. The summed E-state index contributed by atoms with van der Waals surface area (Å²) in [7, 11) is 0. The van der Waals surface area contributed by atoms with Gasteiger partial charge < -0.3 is 15.2 Å². The van der Waals surface area contributed by atoms with Crippen molar-refractivity contribution in [2.75, 3.05) is 13.2 Å². The molecular formula is C15H18N2O6. The van der Waals surface area contributed by atoms with Crippen LogP contribution in [0, 0.1) is 0 Å². The first kappa shape index (κ1) is 18.1. The van der Waals surface area contributed by atoms with Gasteiger partial charge in [-0.2, -0.15) is 0 Å². The van der Waals surface area contributed by atoms with Gasteiger partial charge >= 0.3 is 12.0 Å². The van der Waals surface area contributed by atoms with Crippen LogP contribution in [0.3, 0.4) is 0 Å². The van der Waals surface area contributed by atoms with Crippen molar-refractivity contribution < 1.29 is 28.7 Å². The van der Waals surface area contributed by atoms with Crippen molar-refractivity contribution in [2.45, 2.75) is 19.8 Å². The monoisotopic (exact) mass is 322 g/mol. The minimum atomic E-state index is -1.00. The van der Waals surface area contributed by atoms with E-state index in [-0.39, 0.29) is 18.8 Å². The number of ketones is 1. The maximum atomic E-state index is 11.4. The second kappa shape index (κ2) is 9.19. The molecule has 0 spiro atoms. The number of primary amides is 1. The van der Waals surface area contributed by atoms with Crippen LogP contribution in [-0.2, 0) is 14.3 Å². The third kappa shape index (κ3) is 7.60. The molecule has 0 aromatic heterocycles. The number of rotatable bonds is 8. The highest BCUT2D eigenvalue weighted by atomic mass is 16.5. The number of hydrogen-bond acceptors (Lipinski definition) is 6. The summed E-state index contributed by atoms with van der Waals surface area (Å²) in [5.74, 6) is -0.809. The molecule has 0 aliphatic rings. The van der Waals surface area contributed by atoms with Gasteiger partial charge in [0.15, 0.2) is 12.4 Å². The largest absolute Gasteiger partial charge is 0.494 e. The number of imide groups is 1. The van der Waals surface area contributed by atoms with Gasteiger partial charge in [-0.15, -0.1) is 0 Å². The number of nitrogens with one attached hydrogen (secondary N) is 1. The number of carbonyl (C=O) groups excluding carboxylic acids is 4. The lowest BCUT2D eigenvalue weighted by atomic mass is 10.1. The van der Waals surface area contributed by atoms with E-state index in [1.807, 2.05) is 0 Å². The molecular weight excluding hydrogens is 304 g/mol. The van der Waals surface area contributed by atoms with Crippen LogP contribution in [0.1, 0.15) is 30.1 Å². The number of Topliss-reactive ketones (excluding diaryl/α,β-unsaturated/α-hetero) is 1. The first-order valence-corrected chi connectivity index (χ1v) is 6.87. The minimum absolute atomic E-state index is 0.0281. The molecule has 1 aromatic carbocycles. The molecule has 23 heavy (non-hydrogen) atoms. The van der Waals surface area contributed by atoms with Crippen molar-refractivity contribution in [3.05, 3.63) is 29.8 Å². The molecule has 3 N–H and O–H groups in total. The number of esters is 1. The Hall–Kier alpha value is -2.90. The number of amides is 3. The SMILES string of the molecule is CC(=O)c1ccc(OCCCC(=O)OCC(=O)NC(N)=O)cc1. The lowest BCUT2D eigenvalue weighted by Gasteiger charge is -2.07. The van der Waals surface area contributed by atoms with Crippen molar-refractivity contribution in [1.29, 1.82) is 0 Å². The van der Waals surface area contributed by atoms with E-state index in [0.29, 0.717) is 17.7 Å². The van der Waals surface area contributed by atoms with Crippen molar-refractivity contribution in [3.63, 3.8) is 0 Å². The van der Waals surface area contributed by atoms with E-state index in [1.165, 1.54) is 6.92 Å². The van der Waals surface area contributed by atoms with Crippen molar-refractivity contribution in [2.24, 2.45) is 5.73 Å². The van der Waals surface area contributed by atoms with Gasteiger partial charge in [0.1, 0.15) is 5.75 Å². The van der Waals surface area contributed by atoms with Gasteiger partial charge in [-0.1, -0.05) is 0 Å². The summed E-state index contributed by atoms with van der Waals surface area (Å²) in [6, 6.07) is 5.65. The van der Waals surface area contributed by atoms with Crippen LogP contribution in [0.4, 0.5) is 4.79 Å². The molecule has 0 unspecified atom stereocenters. The van der Waals surface area contributed by atoms with E-state index in [1.54, 1.807) is 29.6 Å². The van der Waals surface area contributed by atoms with E-state index in [9.17, 15) is 19.2 Å². The van der Waals surface area contributed by atoms with E-state index in [0.717, 1.165) is 0 Å². The smallest absolute Gasteiger partial charge is 0.318 e. The summed E-state index contributed by atoms with van der Waals surface area (Å²) in [6.45, 7) is 1.20. The van der Waals surface area contributed by atoms with Gasteiger partial charge in [-0.05, 0) is 37.6 Å². The highest BCUT2D eigenvalue weighted by molar-refractivity contribution is 5.95. The van der Waals surface area contributed by atoms with Crippen LogP contribution in [0.25, 0.3) is 0 Å². The molecule has 0 aliphatic carbocycles. The van der Waals surface area contributed by atoms with E-state index < -0.39 is 24.5 Å². The van der Waals surface area contributed by atoms with Crippen LogP contribution >= 0.6 is 0 Å². The molecule has 1 aromatic rings. The Bertz CT molecular complexity index is 582. The fraction of sp³-hybridized carbons (Fsp3) is 0.333. The average molecular weight is 322 g/mol. The van der Waals surface area contributed by atoms with Gasteiger partial charge in [-0.3, -0.25) is 19.7 Å². The number of carbonyl (C=O) groups is 4. The third-order valence-corrected chi connectivity index (χ3v) is 2.68. The standard InChI is InChI=1S/C15H18N2O6/c1-10(18)11-4-6-12(7-5-11)22-8-2-3-14(20)23-9-13(19)17-15(16)21/h4-7H,2-3,8-9H2,1H3,(H3,16,17,19,21). The van der Waals surface area contributed by atoms with Crippen molar-refractivity contribution in [3.8, 4) is 5.75 Å². The Morgan fingerprint density at radius 3 is 2.35 bits per heavy atom. The number of ether oxygens (including phenoxy) is 2. The molecule has 124 valence electrons. The lowest BCUT2D eigenvalue weighted by molar-refractivity contribution is -0.148. The minimum Gasteiger partial charge on any atom is -0.494 e. The van der Waals surface area contributed by atoms with Crippen LogP contribution in [0.5, 0.6) is 5.75 Å². The Kier molecular flexibility index (Phi) is 7.25. The molecule has 1 rings (SSSR count). The number of hydrogen-bond donors (Lipinski definition) is 2. The predicted octanol–water partition coefficient (Wildman–Crippen LogP) is 0.786. The van der Waals surface area contributed by atoms with Gasteiger partial charge in [0.05, 0.1) is 6.61 Å². The Labute approximate surface area is 132 Å². The summed E-state index contributed by atoms with van der Waals surface area (Å²) in [6.07, 6.45) is 0.458. The molecule has 8 nitrogen and oxygen atoms in total. The topological polar surface area (TPSA) is 125 Å². The zero-order valence-corrected chi connectivity index (χ0v) is 12.7. The Morgan fingerprint density at radius 1 is 1.13 bits per heavy atom. The predicted molar refractivity (Wildman–Crippen MR) is 79.9 cm³/mol. The van der Waals surface area contributed by atoms with Gasteiger partial charge in [0.2, 0.25) is 0 Å². The summed E-state index contributed by atoms with van der Waals surface area (Å²) >= 11 is 0. The normalized spacial score (nSPS) is 9.78. The molecule has 0 aliphatic heterocycles. The number of benzene rings is 1. The highest BCUT2D eigenvalue weighted by Gasteiger charge is 2.09. The Balaban J connectivity index is 2.19. The molecule has 3 amide bonds. The van der Waals surface area contributed by atoms with E-state index in [4.69, 9.17) is 10.5 Å². The first-order valence-electron chi connectivity index (χ1n) is 6.87. The molecule has 0 bridgehead atoms. The molecule has 0 radical (unpaired) electrons. The van der Waals surface area contributed by atoms with Crippen LogP contribution < -0.4 is 15.8 Å². The van der Waals surface area contributed by atoms with Crippen LogP contribution in [-0.4, -0.2) is 36.9 Å². The van der Waals surface area contributed by atoms with Crippen LogP contribution in [0.2, 0.25) is 0 Å². The zero-order valence-electron chi connectivity index (χ0n) is 12.7. The van der Waals surface area contributed by atoms with E-state index >= 15 is 0 Å². The Morgan fingerprint density at radius 2 is 1.78 bits per heavy atom. The fourth-order valence-corrected chi connectivity index (χ4v) is 1.58. The summed E-state index contributed by atoms with van der Waals surface area (Å²) in [5.41, 5.74) is 5.33. The quantitative estimate of drug-likeness (QED) is 0.414. The van der Waals surface area contributed by atoms with Gasteiger partial charge in [-0.25, -0.2) is 4.79 Å². The second-order valence-corrected chi connectivity index (χ2v) is 4.61. The van der Waals surface area contributed by atoms with Gasteiger partial charge in [0, 0.05) is 12.0 Å². The first-order chi connectivity index (χ1) is 10.9. The highest BCUT2D eigenvalue weighted by Crippen LogP contribution is 2.13. The fourth-order valence-electron chi connectivity index (χ4n) is 1.58. The zero-order chi connectivity index (χ0) is 17.2. The lowest BCUT2D eigenvalue weighted by Crippen LogP contribution is -2.37. The summed E-state index contributed by atoms with van der Waals surface area (Å²) < 4.78 is 10.1. The number of urea groups is 1. The second-order valence-electron chi connectivity index (χ2n) is 4.61. The average Bonchev–Trinajstić information content (AvgIpc) is 2.49. The van der Waals surface area contributed by atoms with Gasteiger partial charge in [0.25, 0.3) is 5.91 Å². The summed E-state index contributed by atoms with van der Waals surface area (Å²) in [5, 5.41) is 1.77. The molecule has 0 atom stereocenters. The molecule has 0 saturated heterocycles. The maximum Gasteiger partial charge on any atom is 0.318 e. The molecule has 0 saturated carbocycles. The third-order valence-electron chi connectivity index (χ3n) is 2.68. The van der Waals surface area contributed by atoms with Crippen molar-refractivity contribution in [1.82, 2.24) is 5.32 Å². The maximum absolute atomic E-state index is 11.4. The molecule has 0 heterocycles. The van der Waals surface area contributed by atoms with Crippen LogP contribution in [0.15, 0.2) is 24.3 Å². The summed E-state index contributed by atoms with van der Waals surface area (Å²) in [4.78, 5) is 43.9. The molecule has 0 fully saturated rings. The van der Waals surface area contributed by atoms with E-state index in [2.05, 4.69) is 4.74 Å².